The van der Waals surface area contributed by atoms with Gasteiger partial charge in [-0.2, -0.15) is 0 Å². The minimum Gasteiger partial charge on any atom is -0.378 e. The predicted octanol–water partition coefficient (Wildman–Crippen LogP) is 2.11. The van der Waals surface area contributed by atoms with E-state index in [1.165, 1.54) is 5.56 Å². The Morgan fingerprint density at radius 2 is 2.08 bits per heavy atom. The molecule has 0 radical (unpaired) electrons. The molecule has 0 saturated carbocycles. The highest BCUT2D eigenvalue weighted by atomic mass is 79.9. The summed E-state index contributed by atoms with van der Waals surface area (Å²) in [5, 5.41) is 3.41. The van der Waals surface area contributed by atoms with Gasteiger partial charge in [0.15, 0.2) is 0 Å². The van der Waals surface area contributed by atoms with E-state index in [0.29, 0.717) is 6.04 Å². The minimum absolute atomic E-state index is 0.363. The van der Waals surface area contributed by atoms with Crippen LogP contribution in [0.5, 0.6) is 0 Å². The molecule has 0 amide bonds. The van der Waals surface area contributed by atoms with Crippen molar-refractivity contribution in [2.45, 2.75) is 6.04 Å². The van der Waals surface area contributed by atoms with Gasteiger partial charge in [0, 0.05) is 11.0 Å². The molecular formula is C10H12BrNO. The van der Waals surface area contributed by atoms with Gasteiger partial charge in [-0.3, -0.25) is 0 Å². The number of halogens is 1. The van der Waals surface area contributed by atoms with Crippen molar-refractivity contribution >= 4 is 15.9 Å². The Bertz CT molecular complexity index is 267. The van der Waals surface area contributed by atoms with Crippen LogP contribution in [0.25, 0.3) is 0 Å². The van der Waals surface area contributed by atoms with Crippen molar-refractivity contribution in [2.24, 2.45) is 0 Å². The maximum Gasteiger partial charge on any atom is 0.0662 e. The summed E-state index contributed by atoms with van der Waals surface area (Å²) >= 11 is 3.42. The molecule has 13 heavy (non-hydrogen) atoms. The topological polar surface area (TPSA) is 21.3 Å². The van der Waals surface area contributed by atoms with Gasteiger partial charge in [-0.25, -0.2) is 0 Å². The Balaban J connectivity index is 2.10. The maximum atomic E-state index is 5.39. The molecule has 1 aliphatic rings. The first-order valence-electron chi connectivity index (χ1n) is 4.43. The average molecular weight is 242 g/mol. The Labute approximate surface area is 86.4 Å². The van der Waals surface area contributed by atoms with Gasteiger partial charge in [0.05, 0.1) is 19.3 Å². The second-order valence-corrected chi connectivity index (χ2v) is 4.05. The average Bonchev–Trinajstić information content (AvgIpc) is 2.20. The third-order valence-electron chi connectivity index (χ3n) is 2.19. The number of rotatable bonds is 1. The maximum absolute atomic E-state index is 5.39. The first-order chi connectivity index (χ1) is 6.36. The zero-order valence-corrected chi connectivity index (χ0v) is 8.88. The monoisotopic (exact) mass is 241 g/mol. The third kappa shape index (κ3) is 2.30. The minimum atomic E-state index is 0.363. The zero-order chi connectivity index (χ0) is 9.10. The molecule has 1 fully saturated rings. The van der Waals surface area contributed by atoms with Crippen LogP contribution < -0.4 is 5.32 Å². The van der Waals surface area contributed by atoms with Gasteiger partial charge in [0.1, 0.15) is 0 Å². The fourth-order valence-corrected chi connectivity index (χ4v) is 1.74. The second-order valence-electron chi connectivity index (χ2n) is 3.13. The summed E-state index contributed by atoms with van der Waals surface area (Å²) in [6.07, 6.45) is 0. The molecule has 0 bridgehead atoms. The summed E-state index contributed by atoms with van der Waals surface area (Å²) in [5.41, 5.74) is 1.29. The van der Waals surface area contributed by atoms with Crippen LogP contribution in [0, 0.1) is 0 Å². The van der Waals surface area contributed by atoms with E-state index in [9.17, 15) is 0 Å². The molecule has 2 rings (SSSR count). The van der Waals surface area contributed by atoms with E-state index in [-0.39, 0.29) is 0 Å². The van der Waals surface area contributed by atoms with Crippen LogP contribution >= 0.6 is 15.9 Å². The molecule has 2 nitrogen and oxygen atoms in total. The van der Waals surface area contributed by atoms with Crippen molar-refractivity contribution in [1.29, 1.82) is 0 Å². The smallest absolute Gasteiger partial charge is 0.0662 e. The number of nitrogens with one attached hydrogen (secondary N) is 1. The van der Waals surface area contributed by atoms with E-state index in [1.54, 1.807) is 0 Å². The molecule has 1 aliphatic heterocycles. The Morgan fingerprint density at radius 1 is 1.31 bits per heavy atom. The van der Waals surface area contributed by atoms with Gasteiger partial charge >= 0.3 is 0 Å². The molecule has 3 heteroatoms. The molecule has 1 saturated heterocycles. The summed E-state index contributed by atoms with van der Waals surface area (Å²) < 4.78 is 6.51. The normalized spacial score (nSPS) is 23.0. The number of ether oxygens (including phenoxy) is 1. The largest absolute Gasteiger partial charge is 0.378 e. The first kappa shape index (κ1) is 9.19. The molecule has 0 aromatic heterocycles. The van der Waals surface area contributed by atoms with Gasteiger partial charge in [-0.1, -0.05) is 28.1 Å². The van der Waals surface area contributed by atoms with E-state index in [0.717, 1.165) is 24.2 Å². The Morgan fingerprint density at radius 3 is 2.69 bits per heavy atom. The number of morpholine rings is 1. The fourth-order valence-electron chi connectivity index (χ4n) is 1.47. The van der Waals surface area contributed by atoms with Gasteiger partial charge in [-0.05, 0) is 17.7 Å². The Kier molecular flexibility index (Phi) is 2.98. The zero-order valence-electron chi connectivity index (χ0n) is 7.29. The van der Waals surface area contributed by atoms with Gasteiger partial charge in [-0.15, -0.1) is 0 Å². The highest BCUT2D eigenvalue weighted by molar-refractivity contribution is 9.10. The standard InChI is InChI=1S/C10H12BrNO/c11-9-3-1-8(2-4-9)10-7-13-6-5-12-10/h1-4,10,12H,5-7H2/t10-/m0/s1. The quantitative estimate of drug-likeness (QED) is 0.814. The lowest BCUT2D eigenvalue weighted by molar-refractivity contribution is 0.0769. The lowest BCUT2D eigenvalue weighted by atomic mass is 10.1. The van der Waals surface area contributed by atoms with E-state index < -0.39 is 0 Å². The lowest BCUT2D eigenvalue weighted by Gasteiger charge is -2.24. The van der Waals surface area contributed by atoms with E-state index in [1.807, 2.05) is 0 Å². The predicted molar refractivity (Wildman–Crippen MR) is 55.7 cm³/mol. The van der Waals surface area contributed by atoms with Gasteiger partial charge < -0.3 is 10.1 Å². The molecule has 0 aliphatic carbocycles. The lowest BCUT2D eigenvalue weighted by Crippen LogP contribution is -2.34. The third-order valence-corrected chi connectivity index (χ3v) is 2.72. The summed E-state index contributed by atoms with van der Waals surface area (Å²) in [7, 11) is 0. The second kappa shape index (κ2) is 4.22. The van der Waals surface area contributed by atoms with E-state index in [2.05, 4.69) is 45.5 Å². The van der Waals surface area contributed by atoms with Crippen molar-refractivity contribution in [3.8, 4) is 0 Å². The molecular weight excluding hydrogens is 230 g/mol. The van der Waals surface area contributed by atoms with Gasteiger partial charge in [0.25, 0.3) is 0 Å². The number of hydrogen-bond donors (Lipinski definition) is 1. The van der Waals surface area contributed by atoms with Crippen LogP contribution in [0.1, 0.15) is 11.6 Å². The van der Waals surface area contributed by atoms with Crippen LogP contribution in [0.15, 0.2) is 28.7 Å². The molecule has 0 spiro atoms. The molecule has 1 atom stereocenters. The summed E-state index contributed by atoms with van der Waals surface area (Å²) in [5.74, 6) is 0. The molecule has 1 aromatic rings. The van der Waals surface area contributed by atoms with Crippen LogP contribution in [0.4, 0.5) is 0 Å². The SMILES string of the molecule is Brc1ccc([C@@H]2COCCN2)cc1. The first-order valence-corrected chi connectivity index (χ1v) is 5.22. The number of hydrogen-bond acceptors (Lipinski definition) is 2. The van der Waals surface area contributed by atoms with E-state index in [4.69, 9.17) is 4.74 Å². The van der Waals surface area contributed by atoms with E-state index >= 15 is 0 Å². The molecule has 1 aromatic carbocycles. The molecule has 70 valence electrons. The van der Waals surface area contributed by atoms with Crippen molar-refractivity contribution in [3.63, 3.8) is 0 Å². The summed E-state index contributed by atoms with van der Waals surface area (Å²) in [6, 6.07) is 8.73. The van der Waals surface area contributed by atoms with Crippen molar-refractivity contribution in [2.75, 3.05) is 19.8 Å². The Hall–Kier alpha value is -0.380. The number of benzene rings is 1. The molecule has 1 N–H and O–H groups in total. The van der Waals surface area contributed by atoms with Crippen molar-refractivity contribution < 1.29 is 4.74 Å². The van der Waals surface area contributed by atoms with Crippen molar-refractivity contribution in [1.82, 2.24) is 5.32 Å². The summed E-state index contributed by atoms with van der Waals surface area (Å²) in [6.45, 7) is 2.55. The van der Waals surface area contributed by atoms with Gasteiger partial charge in [0.2, 0.25) is 0 Å². The highest BCUT2D eigenvalue weighted by Crippen LogP contribution is 2.18. The van der Waals surface area contributed by atoms with Crippen molar-refractivity contribution in [3.05, 3.63) is 34.3 Å². The van der Waals surface area contributed by atoms with Crippen LogP contribution in [-0.2, 0) is 4.74 Å². The van der Waals surface area contributed by atoms with Crippen LogP contribution in [-0.4, -0.2) is 19.8 Å². The molecule has 0 unspecified atom stereocenters. The highest BCUT2D eigenvalue weighted by Gasteiger charge is 2.14. The fraction of sp³-hybridized carbons (Fsp3) is 0.400. The van der Waals surface area contributed by atoms with Crippen LogP contribution in [0.3, 0.4) is 0 Å². The van der Waals surface area contributed by atoms with Crippen LogP contribution in [0.2, 0.25) is 0 Å². The summed E-state index contributed by atoms with van der Waals surface area (Å²) in [4.78, 5) is 0. The molecule has 1 heterocycles.